The van der Waals surface area contributed by atoms with Crippen molar-refractivity contribution < 1.29 is 13.2 Å². The van der Waals surface area contributed by atoms with Gasteiger partial charge in [-0.1, -0.05) is 11.8 Å². The Morgan fingerprint density at radius 1 is 1.47 bits per heavy atom. The van der Waals surface area contributed by atoms with Gasteiger partial charge in [-0.05, 0) is 13.1 Å². The average molecular weight is 243 g/mol. The molecule has 1 aromatic rings. The summed E-state index contributed by atoms with van der Waals surface area (Å²) in [6.07, 6.45) is -2.71. The van der Waals surface area contributed by atoms with E-state index in [2.05, 4.69) is 22.1 Å². The molecule has 0 unspecified atom stereocenters. The highest BCUT2D eigenvalue weighted by molar-refractivity contribution is 5.47. The summed E-state index contributed by atoms with van der Waals surface area (Å²) in [7, 11) is 1.77. The first kappa shape index (κ1) is 13.3. The molecule has 1 heterocycles. The lowest BCUT2D eigenvalue weighted by molar-refractivity contribution is -0.137. The van der Waals surface area contributed by atoms with Crippen LogP contribution in [0.1, 0.15) is 17.5 Å². The number of anilines is 1. The Hall–Kier alpha value is -1.74. The summed E-state index contributed by atoms with van der Waals surface area (Å²) in [5, 5.41) is 2.88. The Kier molecular flexibility index (Phi) is 4.35. The first-order valence-corrected chi connectivity index (χ1v) is 4.91. The fourth-order valence-corrected chi connectivity index (χ4v) is 1.12. The minimum atomic E-state index is -4.50. The molecule has 1 aromatic heterocycles. The second kappa shape index (κ2) is 5.55. The van der Waals surface area contributed by atoms with Crippen LogP contribution in [0.25, 0.3) is 0 Å². The van der Waals surface area contributed by atoms with E-state index >= 15 is 0 Å². The summed E-state index contributed by atoms with van der Waals surface area (Å²) >= 11 is 0. The van der Waals surface area contributed by atoms with Crippen LogP contribution in [0.15, 0.2) is 12.3 Å². The van der Waals surface area contributed by atoms with Gasteiger partial charge in [0.2, 0.25) is 0 Å². The summed E-state index contributed by atoms with van der Waals surface area (Å²) < 4.78 is 37.5. The van der Waals surface area contributed by atoms with Crippen LogP contribution >= 0.6 is 0 Å². The minimum Gasteiger partial charge on any atom is -0.383 e. The Morgan fingerprint density at radius 2 is 2.18 bits per heavy atom. The van der Waals surface area contributed by atoms with E-state index in [1.165, 1.54) is 6.20 Å². The number of rotatable bonds is 2. The van der Waals surface area contributed by atoms with Crippen LogP contribution in [0, 0.1) is 11.8 Å². The monoisotopic (exact) mass is 243 g/mol. The lowest BCUT2D eigenvalue weighted by atomic mass is 10.2. The zero-order valence-electron chi connectivity index (χ0n) is 9.23. The molecular formula is C11H12F3N3. The van der Waals surface area contributed by atoms with E-state index in [0.717, 1.165) is 6.07 Å². The summed E-state index contributed by atoms with van der Waals surface area (Å²) in [4.78, 5) is 3.48. The fourth-order valence-electron chi connectivity index (χ4n) is 1.12. The summed E-state index contributed by atoms with van der Waals surface area (Å²) in [5.41, 5.74) is 4.43. The normalized spacial score (nSPS) is 10.8. The topological polar surface area (TPSA) is 50.9 Å². The SMILES string of the molecule is CNCCC#Cc1cnc(N)c(C(F)(F)F)c1. The molecule has 0 aliphatic rings. The number of aromatic nitrogens is 1. The maximum atomic E-state index is 12.5. The standard InChI is InChI=1S/C11H12F3N3/c1-16-5-3-2-4-8-6-9(11(12,13)14)10(15)17-7-8/h6-7,16H,3,5H2,1H3,(H2,15,17). The first-order valence-electron chi connectivity index (χ1n) is 4.91. The van der Waals surface area contributed by atoms with Gasteiger partial charge >= 0.3 is 6.18 Å². The number of hydrogen-bond acceptors (Lipinski definition) is 3. The van der Waals surface area contributed by atoms with Crippen LogP contribution in [0.2, 0.25) is 0 Å². The Morgan fingerprint density at radius 3 is 2.76 bits per heavy atom. The van der Waals surface area contributed by atoms with Gasteiger partial charge in [-0.2, -0.15) is 13.2 Å². The van der Waals surface area contributed by atoms with Crippen molar-refractivity contribution in [3.05, 3.63) is 23.4 Å². The largest absolute Gasteiger partial charge is 0.419 e. The van der Waals surface area contributed by atoms with Gasteiger partial charge in [0.15, 0.2) is 0 Å². The van der Waals surface area contributed by atoms with E-state index in [4.69, 9.17) is 5.73 Å². The van der Waals surface area contributed by atoms with E-state index in [0.29, 0.717) is 13.0 Å². The highest BCUT2D eigenvalue weighted by Crippen LogP contribution is 2.32. The second-order valence-corrected chi connectivity index (χ2v) is 3.31. The van der Waals surface area contributed by atoms with E-state index in [1.807, 2.05) is 0 Å². The number of nitrogens with one attached hydrogen (secondary N) is 1. The predicted molar refractivity (Wildman–Crippen MR) is 59.1 cm³/mol. The van der Waals surface area contributed by atoms with E-state index < -0.39 is 17.6 Å². The van der Waals surface area contributed by atoms with Gasteiger partial charge in [-0.25, -0.2) is 4.98 Å². The molecule has 1 rings (SSSR count). The molecule has 0 aliphatic carbocycles. The number of pyridine rings is 1. The highest BCUT2D eigenvalue weighted by atomic mass is 19.4. The zero-order valence-corrected chi connectivity index (χ0v) is 9.23. The average Bonchev–Trinajstić information content (AvgIpc) is 2.25. The van der Waals surface area contributed by atoms with Gasteiger partial charge in [-0.3, -0.25) is 0 Å². The van der Waals surface area contributed by atoms with Gasteiger partial charge in [0.05, 0.1) is 5.56 Å². The van der Waals surface area contributed by atoms with Crippen LogP contribution in [-0.2, 0) is 6.18 Å². The molecule has 6 heteroatoms. The molecule has 0 bridgehead atoms. The molecule has 0 spiro atoms. The third-order valence-corrected chi connectivity index (χ3v) is 1.96. The molecule has 0 amide bonds. The van der Waals surface area contributed by atoms with Crippen molar-refractivity contribution in [2.45, 2.75) is 12.6 Å². The summed E-state index contributed by atoms with van der Waals surface area (Å²) in [6, 6.07) is 0.911. The van der Waals surface area contributed by atoms with Crippen molar-refractivity contribution in [3.63, 3.8) is 0 Å². The fraction of sp³-hybridized carbons (Fsp3) is 0.364. The molecule has 0 aliphatic heterocycles. The van der Waals surface area contributed by atoms with Crippen molar-refractivity contribution in [2.75, 3.05) is 19.3 Å². The Balaban J connectivity index is 2.92. The molecule has 0 saturated heterocycles. The molecule has 3 nitrogen and oxygen atoms in total. The number of nitrogens with two attached hydrogens (primary N) is 1. The third kappa shape index (κ3) is 3.96. The summed E-state index contributed by atoms with van der Waals surface area (Å²) in [5.74, 6) is 4.82. The van der Waals surface area contributed by atoms with Crippen LogP contribution in [-0.4, -0.2) is 18.6 Å². The maximum Gasteiger partial charge on any atom is 0.419 e. The molecule has 0 aromatic carbocycles. The lowest BCUT2D eigenvalue weighted by Gasteiger charge is -2.08. The van der Waals surface area contributed by atoms with Crippen LogP contribution in [0.4, 0.5) is 19.0 Å². The third-order valence-electron chi connectivity index (χ3n) is 1.96. The number of nitrogen functional groups attached to an aromatic ring is 1. The maximum absolute atomic E-state index is 12.5. The van der Waals surface area contributed by atoms with Gasteiger partial charge in [0.25, 0.3) is 0 Å². The van der Waals surface area contributed by atoms with E-state index in [9.17, 15) is 13.2 Å². The van der Waals surface area contributed by atoms with Crippen molar-refractivity contribution in [3.8, 4) is 11.8 Å². The molecule has 0 fully saturated rings. The number of hydrogen-bond donors (Lipinski definition) is 2. The quantitative estimate of drug-likeness (QED) is 0.613. The van der Waals surface area contributed by atoms with Gasteiger partial charge < -0.3 is 11.1 Å². The van der Waals surface area contributed by atoms with Gasteiger partial charge in [0.1, 0.15) is 5.82 Å². The molecule has 0 atom stereocenters. The second-order valence-electron chi connectivity index (χ2n) is 3.31. The molecular weight excluding hydrogens is 231 g/mol. The molecule has 3 N–H and O–H groups in total. The first-order chi connectivity index (χ1) is 7.95. The van der Waals surface area contributed by atoms with Crippen molar-refractivity contribution in [1.82, 2.24) is 10.3 Å². The van der Waals surface area contributed by atoms with Crippen molar-refractivity contribution in [1.29, 1.82) is 0 Å². The van der Waals surface area contributed by atoms with E-state index in [-0.39, 0.29) is 5.56 Å². The van der Waals surface area contributed by atoms with Crippen LogP contribution < -0.4 is 11.1 Å². The van der Waals surface area contributed by atoms with Crippen molar-refractivity contribution >= 4 is 5.82 Å². The van der Waals surface area contributed by atoms with Gasteiger partial charge in [-0.15, -0.1) is 0 Å². The van der Waals surface area contributed by atoms with Gasteiger partial charge in [0, 0.05) is 24.7 Å². The smallest absolute Gasteiger partial charge is 0.383 e. The minimum absolute atomic E-state index is 0.211. The van der Waals surface area contributed by atoms with Crippen LogP contribution in [0.3, 0.4) is 0 Å². The highest BCUT2D eigenvalue weighted by Gasteiger charge is 2.33. The lowest BCUT2D eigenvalue weighted by Crippen LogP contribution is -2.10. The van der Waals surface area contributed by atoms with Crippen LogP contribution in [0.5, 0.6) is 0 Å². The molecule has 0 saturated carbocycles. The Bertz CT molecular complexity index is 444. The van der Waals surface area contributed by atoms with E-state index in [1.54, 1.807) is 7.05 Å². The molecule has 92 valence electrons. The molecule has 17 heavy (non-hydrogen) atoms. The Labute approximate surface area is 97.2 Å². The molecule has 0 radical (unpaired) electrons. The van der Waals surface area contributed by atoms with Crippen molar-refractivity contribution in [2.24, 2.45) is 0 Å². The number of nitrogens with zero attached hydrogens (tertiary/aromatic N) is 1. The number of alkyl halides is 3. The summed E-state index contributed by atoms with van der Waals surface area (Å²) in [6.45, 7) is 0.682. The zero-order chi connectivity index (χ0) is 12.9. The predicted octanol–water partition coefficient (Wildman–Crippen LogP) is 1.64. The number of halogens is 3.